The minimum atomic E-state index is 0.333. The van der Waals surface area contributed by atoms with Crippen molar-refractivity contribution in [1.82, 2.24) is 9.55 Å². The van der Waals surface area contributed by atoms with Crippen molar-refractivity contribution in [3.05, 3.63) is 17.7 Å². The summed E-state index contributed by atoms with van der Waals surface area (Å²) >= 11 is 5.55. The Hall–Kier alpha value is -1.01. The summed E-state index contributed by atoms with van der Waals surface area (Å²) in [5.41, 5.74) is 1.18. The van der Waals surface area contributed by atoms with Gasteiger partial charge in [0.15, 0.2) is 5.69 Å². The summed E-state index contributed by atoms with van der Waals surface area (Å²) in [6, 6.07) is 1.95. The molecule has 0 aliphatic rings. The monoisotopic (exact) mass is 155 g/mol. The van der Waals surface area contributed by atoms with Crippen LogP contribution >= 0.6 is 11.6 Å². The van der Waals surface area contributed by atoms with Gasteiger partial charge >= 0.3 is 0 Å². The summed E-state index contributed by atoms with van der Waals surface area (Å²) in [6.07, 6.45) is 1.58. The summed E-state index contributed by atoms with van der Waals surface area (Å²) in [5, 5.41) is 8.48. The van der Waals surface area contributed by atoms with E-state index in [1.807, 2.05) is 13.1 Å². The van der Waals surface area contributed by atoms with E-state index in [4.69, 9.17) is 16.9 Å². The average Bonchev–Trinajstić information content (AvgIpc) is 2.30. The molecule has 0 spiro atoms. The Bertz CT molecular complexity index is 271. The van der Waals surface area contributed by atoms with Crippen LogP contribution in [0, 0.1) is 11.3 Å². The van der Waals surface area contributed by atoms with Gasteiger partial charge in [0.1, 0.15) is 6.07 Å². The molecule has 1 aromatic rings. The van der Waals surface area contributed by atoms with E-state index in [0.717, 1.165) is 5.69 Å². The number of nitriles is 1. The molecule has 3 nitrogen and oxygen atoms in total. The first-order valence-electron chi connectivity index (χ1n) is 2.76. The highest BCUT2D eigenvalue weighted by Gasteiger charge is 2.04. The second-order valence-corrected chi connectivity index (χ2v) is 2.16. The summed E-state index contributed by atoms with van der Waals surface area (Å²) in [5.74, 6) is 0.333. The lowest BCUT2D eigenvalue weighted by atomic mass is 10.4. The number of nitrogens with zero attached hydrogens (tertiary/aromatic N) is 3. The molecule has 0 fully saturated rings. The van der Waals surface area contributed by atoms with Crippen molar-refractivity contribution in [2.75, 3.05) is 0 Å². The minimum absolute atomic E-state index is 0.333. The highest BCUT2D eigenvalue weighted by molar-refractivity contribution is 6.17. The molecule has 0 saturated carbocycles. The Kier molecular flexibility index (Phi) is 1.93. The number of hydrogen-bond donors (Lipinski definition) is 0. The van der Waals surface area contributed by atoms with Gasteiger partial charge in [0.25, 0.3) is 0 Å². The van der Waals surface area contributed by atoms with Gasteiger partial charge in [-0.05, 0) is 0 Å². The zero-order valence-electron chi connectivity index (χ0n) is 5.50. The number of rotatable bonds is 1. The Morgan fingerprint density at radius 2 is 2.60 bits per heavy atom. The molecule has 0 aliphatic heterocycles. The first kappa shape index (κ1) is 7.10. The van der Waals surface area contributed by atoms with Gasteiger partial charge in [0.05, 0.1) is 17.9 Å². The van der Waals surface area contributed by atoms with Crippen LogP contribution in [0.3, 0.4) is 0 Å². The van der Waals surface area contributed by atoms with Gasteiger partial charge in [-0.15, -0.1) is 11.6 Å². The molecule has 0 bridgehead atoms. The number of alkyl halides is 1. The van der Waals surface area contributed by atoms with Crippen molar-refractivity contribution in [3.8, 4) is 6.07 Å². The van der Waals surface area contributed by atoms with Crippen LogP contribution in [-0.2, 0) is 12.9 Å². The molecule has 52 valence electrons. The smallest absolute Gasteiger partial charge is 0.162 e. The van der Waals surface area contributed by atoms with Crippen molar-refractivity contribution in [3.63, 3.8) is 0 Å². The van der Waals surface area contributed by atoms with E-state index in [-0.39, 0.29) is 0 Å². The predicted octanol–water partition coefficient (Wildman–Crippen LogP) is 1.03. The van der Waals surface area contributed by atoms with Crippen molar-refractivity contribution < 1.29 is 0 Å². The molecule has 0 unspecified atom stereocenters. The normalized spacial score (nSPS) is 9.30. The maximum absolute atomic E-state index is 8.48. The standard InChI is InChI=1S/C6H6ClN3/c1-10-4-9-5(3-8)6(10)2-7/h4H,2H2,1H3. The maximum atomic E-state index is 8.48. The fraction of sp³-hybridized carbons (Fsp3) is 0.333. The number of aryl methyl sites for hydroxylation is 1. The Balaban J connectivity index is 3.16. The molecule has 1 aromatic heterocycles. The van der Waals surface area contributed by atoms with E-state index in [0.29, 0.717) is 11.6 Å². The van der Waals surface area contributed by atoms with Gasteiger partial charge in [-0.25, -0.2) is 4.98 Å². The van der Waals surface area contributed by atoms with Crippen LogP contribution < -0.4 is 0 Å². The Labute approximate surface area is 63.9 Å². The molecule has 0 atom stereocenters. The second-order valence-electron chi connectivity index (χ2n) is 1.90. The average molecular weight is 156 g/mol. The van der Waals surface area contributed by atoms with Crippen molar-refractivity contribution in [2.24, 2.45) is 7.05 Å². The zero-order chi connectivity index (χ0) is 7.56. The molecule has 0 radical (unpaired) electrons. The van der Waals surface area contributed by atoms with Crippen molar-refractivity contribution >= 4 is 11.6 Å². The van der Waals surface area contributed by atoms with Crippen LogP contribution in [0.1, 0.15) is 11.4 Å². The molecule has 4 heteroatoms. The van der Waals surface area contributed by atoms with Gasteiger partial charge in [-0.2, -0.15) is 5.26 Å². The zero-order valence-corrected chi connectivity index (χ0v) is 6.26. The Morgan fingerprint density at radius 1 is 1.90 bits per heavy atom. The molecule has 0 aromatic carbocycles. The van der Waals surface area contributed by atoms with Crippen LogP contribution in [0.2, 0.25) is 0 Å². The van der Waals surface area contributed by atoms with Crippen molar-refractivity contribution in [1.29, 1.82) is 5.26 Å². The van der Waals surface area contributed by atoms with Gasteiger partial charge in [-0.1, -0.05) is 0 Å². The van der Waals surface area contributed by atoms with Crippen LogP contribution in [-0.4, -0.2) is 9.55 Å². The topological polar surface area (TPSA) is 41.6 Å². The number of imidazole rings is 1. The predicted molar refractivity (Wildman–Crippen MR) is 37.5 cm³/mol. The number of hydrogen-bond acceptors (Lipinski definition) is 2. The number of aromatic nitrogens is 2. The quantitative estimate of drug-likeness (QED) is 0.569. The molecule has 1 rings (SSSR count). The van der Waals surface area contributed by atoms with Crippen LogP contribution in [0.5, 0.6) is 0 Å². The fourth-order valence-electron chi connectivity index (χ4n) is 0.707. The van der Waals surface area contributed by atoms with Gasteiger partial charge in [-0.3, -0.25) is 0 Å². The van der Waals surface area contributed by atoms with Crippen LogP contribution in [0.4, 0.5) is 0 Å². The Morgan fingerprint density at radius 3 is 3.00 bits per heavy atom. The highest BCUT2D eigenvalue weighted by atomic mass is 35.5. The second kappa shape index (κ2) is 2.72. The summed E-state index contributed by atoms with van der Waals surface area (Å²) in [7, 11) is 1.81. The molecular formula is C6H6ClN3. The largest absolute Gasteiger partial charge is 0.335 e. The van der Waals surface area contributed by atoms with E-state index in [9.17, 15) is 0 Å². The molecule has 0 amide bonds. The molecule has 0 N–H and O–H groups in total. The van der Waals surface area contributed by atoms with Crippen LogP contribution in [0.25, 0.3) is 0 Å². The molecule has 10 heavy (non-hydrogen) atoms. The lowest BCUT2D eigenvalue weighted by molar-refractivity contribution is 0.864. The van der Waals surface area contributed by atoms with Gasteiger partial charge in [0.2, 0.25) is 0 Å². The van der Waals surface area contributed by atoms with E-state index < -0.39 is 0 Å². The first-order chi connectivity index (χ1) is 4.79. The third kappa shape index (κ3) is 0.981. The molecule has 1 heterocycles. The summed E-state index contributed by atoms with van der Waals surface area (Å²) in [6.45, 7) is 0. The summed E-state index contributed by atoms with van der Waals surface area (Å²) in [4.78, 5) is 3.82. The van der Waals surface area contributed by atoms with E-state index in [1.165, 1.54) is 0 Å². The lowest BCUT2D eigenvalue weighted by Crippen LogP contribution is -1.92. The molecule has 0 aliphatic carbocycles. The van der Waals surface area contributed by atoms with Crippen molar-refractivity contribution in [2.45, 2.75) is 5.88 Å². The first-order valence-corrected chi connectivity index (χ1v) is 3.29. The SMILES string of the molecule is Cn1cnc(C#N)c1CCl. The lowest BCUT2D eigenvalue weighted by Gasteiger charge is -1.93. The van der Waals surface area contributed by atoms with Crippen LogP contribution in [0.15, 0.2) is 6.33 Å². The fourth-order valence-corrected chi connectivity index (χ4v) is 1.02. The third-order valence-electron chi connectivity index (χ3n) is 1.29. The molecule has 0 saturated heterocycles. The van der Waals surface area contributed by atoms with E-state index in [2.05, 4.69) is 4.98 Å². The third-order valence-corrected chi connectivity index (χ3v) is 1.54. The molecular weight excluding hydrogens is 150 g/mol. The highest BCUT2D eigenvalue weighted by Crippen LogP contribution is 2.06. The summed E-state index contributed by atoms with van der Waals surface area (Å²) < 4.78 is 1.74. The van der Waals surface area contributed by atoms with Gasteiger partial charge in [0, 0.05) is 7.05 Å². The van der Waals surface area contributed by atoms with E-state index >= 15 is 0 Å². The maximum Gasteiger partial charge on any atom is 0.162 e. The number of halogens is 1. The minimum Gasteiger partial charge on any atom is -0.335 e. The van der Waals surface area contributed by atoms with E-state index in [1.54, 1.807) is 10.9 Å². The van der Waals surface area contributed by atoms with Gasteiger partial charge < -0.3 is 4.57 Å².